The Morgan fingerprint density at radius 2 is 1.26 bits per heavy atom. The molecular weight excluding hydrogens is 464 g/mol. The number of methoxy groups -OCH3 is 1. The molecule has 1 aromatic heterocycles. The predicted molar refractivity (Wildman–Crippen MR) is 120 cm³/mol. The Kier molecular flexibility index (Phi) is 7.19. The van der Waals surface area contributed by atoms with Crippen LogP contribution in [0.2, 0.25) is 0 Å². The first kappa shape index (κ1) is 25.0. The minimum Gasteiger partial charge on any atom is -0.493 e. The third-order valence-corrected chi connectivity index (χ3v) is 4.34. The molecule has 0 N–H and O–H groups in total. The van der Waals surface area contributed by atoms with Gasteiger partial charge in [0.25, 0.3) is 0 Å². The number of carbonyl (C=O) groups is 4. The Bertz CT molecular complexity index is 1420. The molecule has 0 fully saturated rings. The molecule has 0 spiro atoms. The van der Waals surface area contributed by atoms with Crippen molar-refractivity contribution in [3.05, 3.63) is 40.6 Å². The van der Waals surface area contributed by atoms with Crippen molar-refractivity contribution in [3.63, 3.8) is 0 Å². The first-order valence-corrected chi connectivity index (χ1v) is 10.1. The molecule has 0 aliphatic carbocycles. The van der Waals surface area contributed by atoms with Gasteiger partial charge in [0, 0.05) is 45.4 Å². The maximum atomic E-state index is 13.1. The molecule has 11 heteroatoms. The molecule has 0 atom stereocenters. The summed E-state index contributed by atoms with van der Waals surface area (Å²) in [5.41, 5.74) is -0.380. The highest BCUT2D eigenvalue weighted by atomic mass is 16.6. The highest BCUT2D eigenvalue weighted by molar-refractivity contribution is 5.93. The summed E-state index contributed by atoms with van der Waals surface area (Å²) in [7, 11) is 1.28. The van der Waals surface area contributed by atoms with Gasteiger partial charge in [-0.05, 0) is 18.2 Å². The zero-order valence-corrected chi connectivity index (χ0v) is 19.4. The van der Waals surface area contributed by atoms with Gasteiger partial charge >= 0.3 is 23.9 Å². The summed E-state index contributed by atoms with van der Waals surface area (Å²) in [6, 6.07) is 6.60. The zero-order valence-electron chi connectivity index (χ0n) is 19.4. The van der Waals surface area contributed by atoms with E-state index in [9.17, 15) is 24.0 Å². The Morgan fingerprint density at radius 3 is 1.83 bits per heavy atom. The molecule has 35 heavy (non-hydrogen) atoms. The summed E-state index contributed by atoms with van der Waals surface area (Å²) in [5.74, 6) is -3.47. The van der Waals surface area contributed by atoms with Crippen LogP contribution in [0.5, 0.6) is 28.7 Å². The van der Waals surface area contributed by atoms with Gasteiger partial charge in [0.15, 0.2) is 28.4 Å². The van der Waals surface area contributed by atoms with Crippen LogP contribution in [0.4, 0.5) is 0 Å². The lowest BCUT2D eigenvalue weighted by atomic mass is 10.1. The van der Waals surface area contributed by atoms with E-state index in [0.29, 0.717) is 5.56 Å². The SMILES string of the molecule is COc1cc2oc(-c3ccc(OC(C)=O)c(OC(C)=O)c3)cc(=O)c2c(OC(C)=O)c1OC(C)=O. The summed E-state index contributed by atoms with van der Waals surface area (Å²) in [6.45, 7) is 4.60. The lowest BCUT2D eigenvalue weighted by molar-refractivity contribution is -0.134. The molecule has 0 unspecified atom stereocenters. The van der Waals surface area contributed by atoms with Crippen molar-refractivity contribution >= 4 is 34.8 Å². The first-order chi connectivity index (χ1) is 16.5. The van der Waals surface area contributed by atoms with E-state index in [1.165, 1.54) is 45.2 Å². The summed E-state index contributed by atoms with van der Waals surface area (Å²) >= 11 is 0. The normalized spacial score (nSPS) is 10.4. The van der Waals surface area contributed by atoms with E-state index in [0.717, 1.165) is 19.9 Å². The van der Waals surface area contributed by atoms with E-state index < -0.39 is 29.3 Å². The Labute approximate surface area is 198 Å². The Balaban J connectivity index is 2.27. The number of rotatable bonds is 6. The molecule has 1 heterocycles. The third kappa shape index (κ3) is 5.64. The molecule has 0 aliphatic heterocycles. The second kappa shape index (κ2) is 10.1. The van der Waals surface area contributed by atoms with Crippen LogP contribution in [0.25, 0.3) is 22.3 Å². The molecule has 0 bridgehead atoms. The van der Waals surface area contributed by atoms with Crippen molar-refractivity contribution in [2.75, 3.05) is 7.11 Å². The molecule has 0 saturated carbocycles. The molecule has 0 aliphatic rings. The van der Waals surface area contributed by atoms with Gasteiger partial charge in [0.2, 0.25) is 5.75 Å². The summed E-state index contributed by atoms with van der Waals surface area (Å²) in [5, 5.41) is -0.169. The number of ether oxygens (including phenoxy) is 5. The lowest BCUT2D eigenvalue weighted by Gasteiger charge is -2.15. The van der Waals surface area contributed by atoms with Crippen LogP contribution < -0.4 is 29.1 Å². The van der Waals surface area contributed by atoms with Gasteiger partial charge in [0.1, 0.15) is 16.7 Å². The highest BCUT2D eigenvalue weighted by Crippen LogP contribution is 2.44. The van der Waals surface area contributed by atoms with Crippen molar-refractivity contribution in [2.45, 2.75) is 27.7 Å². The van der Waals surface area contributed by atoms with Crippen LogP contribution in [0.15, 0.2) is 39.5 Å². The number of fused-ring (bicyclic) bond motifs is 1. The topological polar surface area (TPSA) is 145 Å². The van der Waals surface area contributed by atoms with Crippen LogP contribution in [-0.4, -0.2) is 31.0 Å². The molecule has 0 amide bonds. The smallest absolute Gasteiger partial charge is 0.308 e. The number of hydrogen-bond donors (Lipinski definition) is 0. The molecule has 3 rings (SSSR count). The second-order valence-electron chi connectivity index (χ2n) is 7.12. The van der Waals surface area contributed by atoms with E-state index in [4.69, 9.17) is 28.1 Å². The van der Waals surface area contributed by atoms with Gasteiger partial charge in [-0.15, -0.1) is 0 Å². The average molecular weight is 484 g/mol. The minimum atomic E-state index is -0.775. The van der Waals surface area contributed by atoms with Gasteiger partial charge in [-0.3, -0.25) is 24.0 Å². The zero-order chi connectivity index (χ0) is 25.9. The molecule has 3 aromatic rings. The van der Waals surface area contributed by atoms with Crippen LogP contribution in [0.1, 0.15) is 27.7 Å². The van der Waals surface area contributed by atoms with Crippen LogP contribution in [0, 0.1) is 0 Å². The number of benzene rings is 2. The minimum absolute atomic E-state index is 0.00979. The van der Waals surface area contributed by atoms with Crippen LogP contribution in [-0.2, 0) is 19.2 Å². The van der Waals surface area contributed by atoms with Crippen LogP contribution in [0.3, 0.4) is 0 Å². The van der Waals surface area contributed by atoms with E-state index in [1.54, 1.807) is 0 Å². The molecule has 182 valence electrons. The third-order valence-electron chi connectivity index (χ3n) is 4.34. The molecule has 0 radical (unpaired) electrons. The second-order valence-corrected chi connectivity index (χ2v) is 7.12. The van der Waals surface area contributed by atoms with E-state index >= 15 is 0 Å². The summed E-state index contributed by atoms with van der Waals surface area (Å²) < 4.78 is 31.6. The van der Waals surface area contributed by atoms with Crippen molar-refractivity contribution in [2.24, 2.45) is 0 Å². The van der Waals surface area contributed by atoms with Crippen molar-refractivity contribution < 1.29 is 47.3 Å². The average Bonchev–Trinajstić information content (AvgIpc) is 2.74. The number of hydrogen-bond acceptors (Lipinski definition) is 11. The standard InChI is InChI=1S/C24H20O11/c1-11(25)31-17-7-6-15(8-19(17)32-12(2)26)18-9-16(29)22-20(35-18)10-21(30-5)23(33-13(3)27)24(22)34-14(4)28/h6-10H,1-5H3. The Morgan fingerprint density at radius 1 is 0.686 bits per heavy atom. The fourth-order valence-corrected chi connectivity index (χ4v) is 3.16. The van der Waals surface area contributed by atoms with Gasteiger partial charge in [-0.1, -0.05) is 0 Å². The molecular formula is C24H20O11. The number of carbonyl (C=O) groups excluding carboxylic acids is 4. The molecule has 2 aromatic carbocycles. The van der Waals surface area contributed by atoms with E-state index in [1.807, 2.05) is 0 Å². The van der Waals surface area contributed by atoms with E-state index in [-0.39, 0.29) is 45.5 Å². The van der Waals surface area contributed by atoms with Crippen molar-refractivity contribution in [3.8, 4) is 40.1 Å². The predicted octanol–water partition coefficient (Wildman–Crippen LogP) is 3.17. The maximum Gasteiger partial charge on any atom is 0.308 e. The lowest BCUT2D eigenvalue weighted by Crippen LogP contribution is -2.12. The monoisotopic (exact) mass is 484 g/mol. The van der Waals surface area contributed by atoms with Gasteiger partial charge in [-0.25, -0.2) is 0 Å². The van der Waals surface area contributed by atoms with Gasteiger partial charge in [0.05, 0.1) is 7.11 Å². The van der Waals surface area contributed by atoms with Gasteiger partial charge in [-0.2, -0.15) is 0 Å². The fourth-order valence-electron chi connectivity index (χ4n) is 3.16. The molecule has 11 nitrogen and oxygen atoms in total. The van der Waals surface area contributed by atoms with E-state index in [2.05, 4.69) is 0 Å². The summed E-state index contributed by atoms with van der Waals surface area (Å²) in [6.07, 6.45) is 0. The largest absolute Gasteiger partial charge is 0.493 e. The van der Waals surface area contributed by atoms with Crippen molar-refractivity contribution in [1.82, 2.24) is 0 Å². The van der Waals surface area contributed by atoms with Crippen molar-refractivity contribution in [1.29, 1.82) is 0 Å². The molecule has 0 saturated heterocycles. The van der Waals surface area contributed by atoms with Crippen LogP contribution >= 0.6 is 0 Å². The quantitative estimate of drug-likeness (QED) is 0.376. The highest BCUT2D eigenvalue weighted by Gasteiger charge is 2.25. The number of esters is 4. The fraction of sp³-hybridized carbons (Fsp3) is 0.208. The maximum absolute atomic E-state index is 13.1. The first-order valence-electron chi connectivity index (χ1n) is 10.1. The Hall–Kier alpha value is -4.67. The summed E-state index contributed by atoms with van der Waals surface area (Å²) in [4.78, 5) is 59.3. The van der Waals surface area contributed by atoms with Gasteiger partial charge < -0.3 is 28.1 Å².